The first-order chi connectivity index (χ1) is 8.99. The molecule has 1 aromatic heterocycles. The molecule has 2 rings (SSSR count). The SMILES string of the molecule is CC(C)n1cc(Br)cc1C(=O)NCC1CNCC1O.Cl. The standard InChI is InChI=1S/C13H20BrN3O2.ClH/c1-8(2)17-7-10(14)3-11(17)13(19)16-5-9-4-15-6-12(9)18;/h3,7-9,12,15,18H,4-6H2,1-2H3,(H,16,19);1H. The van der Waals surface area contributed by atoms with Gasteiger partial charge in [-0.2, -0.15) is 0 Å². The van der Waals surface area contributed by atoms with Crippen LogP contribution < -0.4 is 10.6 Å². The summed E-state index contributed by atoms with van der Waals surface area (Å²) in [6.07, 6.45) is 1.54. The van der Waals surface area contributed by atoms with Gasteiger partial charge in [-0.25, -0.2) is 0 Å². The van der Waals surface area contributed by atoms with Crippen molar-refractivity contribution in [3.05, 3.63) is 22.4 Å². The summed E-state index contributed by atoms with van der Waals surface area (Å²) in [6.45, 7) is 5.92. The fourth-order valence-corrected chi connectivity index (χ4v) is 2.73. The van der Waals surface area contributed by atoms with Gasteiger partial charge < -0.3 is 20.3 Å². The Morgan fingerprint density at radius 1 is 1.60 bits per heavy atom. The molecule has 7 heteroatoms. The molecule has 2 atom stereocenters. The molecule has 0 aromatic carbocycles. The van der Waals surface area contributed by atoms with Gasteiger partial charge in [-0.05, 0) is 35.8 Å². The third kappa shape index (κ3) is 3.97. The van der Waals surface area contributed by atoms with Gasteiger partial charge in [-0.3, -0.25) is 4.79 Å². The number of hydrogen-bond donors (Lipinski definition) is 3. The van der Waals surface area contributed by atoms with E-state index < -0.39 is 0 Å². The average molecular weight is 367 g/mol. The van der Waals surface area contributed by atoms with E-state index in [9.17, 15) is 9.90 Å². The van der Waals surface area contributed by atoms with Crippen LogP contribution in [0.4, 0.5) is 0 Å². The molecule has 1 aliphatic heterocycles. The number of nitrogens with zero attached hydrogens (tertiary/aromatic N) is 1. The van der Waals surface area contributed by atoms with Crippen LogP contribution in [0.1, 0.15) is 30.4 Å². The highest BCUT2D eigenvalue weighted by Gasteiger charge is 2.25. The van der Waals surface area contributed by atoms with E-state index in [2.05, 4.69) is 26.6 Å². The molecular formula is C13H21BrClN3O2. The number of carbonyl (C=O) groups excluding carboxylic acids is 1. The maximum Gasteiger partial charge on any atom is 0.267 e. The summed E-state index contributed by atoms with van der Waals surface area (Å²) in [7, 11) is 0. The molecule has 0 spiro atoms. The monoisotopic (exact) mass is 365 g/mol. The Hall–Kier alpha value is -0.560. The zero-order valence-electron chi connectivity index (χ0n) is 11.6. The van der Waals surface area contributed by atoms with Crippen LogP contribution >= 0.6 is 28.3 Å². The normalized spacial score (nSPS) is 21.9. The topological polar surface area (TPSA) is 66.3 Å². The molecule has 1 aliphatic rings. The molecule has 1 aromatic rings. The lowest BCUT2D eigenvalue weighted by molar-refractivity contribution is 0.0916. The highest BCUT2D eigenvalue weighted by atomic mass is 79.9. The van der Waals surface area contributed by atoms with Crippen molar-refractivity contribution < 1.29 is 9.90 Å². The van der Waals surface area contributed by atoms with Gasteiger partial charge >= 0.3 is 0 Å². The molecule has 1 amide bonds. The lowest BCUT2D eigenvalue weighted by Crippen LogP contribution is -2.35. The molecular weight excluding hydrogens is 346 g/mol. The maximum atomic E-state index is 12.2. The van der Waals surface area contributed by atoms with Crippen molar-refractivity contribution >= 4 is 34.2 Å². The Bertz CT molecular complexity index is 464. The lowest BCUT2D eigenvalue weighted by Gasteiger charge is -2.16. The third-order valence-corrected chi connectivity index (χ3v) is 3.87. The third-order valence-electron chi connectivity index (χ3n) is 3.43. The van der Waals surface area contributed by atoms with E-state index in [-0.39, 0.29) is 36.4 Å². The van der Waals surface area contributed by atoms with Crippen molar-refractivity contribution in [1.82, 2.24) is 15.2 Å². The zero-order valence-corrected chi connectivity index (χ0v) is 14.0. The molecule has 20 heavy (non-hydrogen) atoms. The van der Waals surface area contributed by atoms with E-state index in [1.807, 2.05) is 30.7 Å². The molecule has 2 heterocycles. The summed E-state index contributed by atoms with van der Waals surface area (Å²) in [5, 5.41) is 15.7. The van der Waals surface area contributed by atoms with Gasteiger partial charge in [0.05, 0.1) is 6.10 Å². The van der Waals surface area contributed by atoms with Crippen molar-refractivity contribution in [3.63, 3.8) is 0 Å². The molecule has 114 valence electrons. The first-order valence-corrected chi connectivity index (χ1v) is 7.32. The Balaban J connectivity index is 0.00000200. The molecule has 5 nitrogen and oxygen atoms in total. The molecule has 0 aliphatic carbocycles. The van der Waals surface area contributed by atoms with Crippen LogP contribution in [0.25, 0.3) is 0 Å². The van der Waals surface area contributed by atoms with Gasteiger partial charge in [0.1, 0.15) is 5.69 Å². The van der Waals surface area contributed by atoms with Gasteiger partial charge in [-0.15, -0.1) is 12.4 Å². The Labute approximate surface area is 133 Å². The van der Waals surface area contributed by atoms with Crippen LogP contribution in [0.2, 0.25) is 0 Å². The fraction of sp³-hybridized carbons (Fsp3) is 0.615. The molecule has 0 radical (unpaired) electrons. The van der Waals surface area contributed by atoms with Gasteiger partial charge in [0, 0.05) is 42.3 Å². The van der Waals surface area contributed by atoms with E-state index in [1.54, 1.807) is 0 Å². The second kappa shape index (κ2) is 7.45. The van der Waals surface area contributed by atoms with Crippen molar-refractivity contribution in [2.45, 2.75) is 26.0 Å². The second-order valence-corrected chi connectivity index (χ2v) is 6.16. The maximum absolute atomic E-state index is 12.2. The predicted molar refractivity (Wildman–Crippen MR) is 84.5 cm³/mol. The predicted octanol–water partition coefficient (Wildman–Crippen LogP) is 1.56. The highest BCUT2D eigenvalue weighted by molar-refractivity contribution is 9.10. The molecule has 0 saturated carbocycles. The highest BCUT2D eigenvalue weighted by Crippen LogP contribution is 2.19. The summed E-state index contributed by atoms with van der Waals surface area (Å²) in [5.41, 5.74) is 0.641. The first-order valence-electron chi connectivity index (χ1n) is 6.53. The average Bonchev–Trinajstić information content (AvgIpc) is 2.92. The Morgan fingerprint density at radius 3 is 2.85 bits per heavy atom. The molecule has 2 unspecified atom stereocenters. The van der Waals surface area contributed by atoms with Crippen LogP contribution in [-0.4, -0.2) is 41.3 Å². The molecule has 1 saturated heterocycles. The van der Waals surface area contributed by atoms with E-state index in [0.29, 0.717) is 18.8 Å². The van der Waals surface area contributed by atoms with Crippen LogP contribution in [0, 0.1) is 5.92 Å². The molecule has 0 bridgehead atoms. The fourth-order valence-electron chi connectivity index (χ4n) is 2.30. The number of aliphatic hydroxyl groups is 1. The number of hydrogen-bond acceptors (Lipinski definition) is 3. The number of aliphatic hydroxyl groups excluding tert-OH is 1. The minimum absolute atomic E-state index is 0. The minimum atomic E-state index is -0.371. The largest absolute Gasteiger partial charge is 0.391 e. The Morgan fingerprint density at radius 2 is 2.30 bits per heavy atom. The van der Waals surface area contributed by atoms with E-state index >= 15 is 0 Å². The molecule has 3 N–H and O–H groups in total. The van der Waals surface area contributed by atoms with E-state index in [0.717, 1.165) is 11.0 Å². The number of nitrogens with one attached hydrogen (secondary N) is 2. The summed E-state index contributed by atoms with van der Waals surface area (Å²) >= 11 is 3.40. The summed E-state index contributed by atoms with van der Waals surface area (Å²) in [4.78, 5) is 12.2. The summed E-state index contributed by atoms with van der Waals surface area (Å²) < 4.78 is 2.83. The smallest absolute Gasteiger partial charge is 0.267 e. The Kier molecular flexibility index (Phi) is 6.51. The number of aromatic nitrogens is 1. The number of rotatable bonds is 4. The van der Waals surface area contributed by atoms with Crippen LogP contribution in [0.15, 0.2) is 16.7 Å². The van der Waals surface area contributed by atoms with Crippen molar-refractivity contribution in [1.29, 1.82) is 0 Å². The molecule has 1 fully saturated rings. The van der Waals surface area contributed by atoms with Gasteiger partial charge in [0.25, 0.3) is 5.91 Å². The van der Waals surface area contributed by atoms with Crippen LogP contribution in [0.5, 0.6) is 0 Å². The number of halogens is 2. The quantitative estimate of drug-likeness (QED) is 0.758. The summed E-state index contributed by atoms with van der Waals surface area (Å²) in [5.74, 6) is -0.00615. The van der Waals surface area contributed by atoms with Gasteiger partial charge in [-0.1, -0.05) is 0 Å². The first kappa shape index (κ1) is 17.5. The second-order valence-electron chi connectivity index (χ2n) is 5.24. The minimum Gasteiger partial charge on any atom is -0.391 e. The lowest BCUT2D eigenvalue weighted by atomic mass is 10.1. The van der Waals surface area contributed by atoms with Crippen molar-refractivity contribution in [2.24, 2.45) is 5.92 Å². The summed E-state index contributed by atoms with van der Waals surface area (Å²) in [6, 6.07) is 2.05. The van der Waals surface area contributed by atoms with Crippen LogP contribution in [0.3, 0.4) is 0 Å². The zero-order chi connectivity index (χ0) is 14.0. The number of β-amino-alcohol motifs (C(OH)–C–C–N with tert-alkyl or cyclic N) is 1. The van der Waals surface area contributed by atoms with Crippen molar-refractivity contribution in [3.8, 4) is 0 Å². The van der Waals surface area contributed by atoms with Crippen LogP contribution in [-0.2, 0) is 0 Å². The van der Waals surface area contributed by atoms with E-state index in [4.69, 9.17) is 0 Å². The van der Waals surface area contributed by atoms with E-state index in [1.165, 1.54) is 0 Å². The number of carbonyl (C=O) groups is 1. The number of amides is 1. The van der Waals surface area contributed by atoms with Crippen molar-refractivity contribution in [2.75, 3.05) is 19.6 Å². The van der Waals surface area contributed by atoms with Gasteiger partial charge in [0.2, 0.25) is 0 Å². The van der Waals surface area contributed by atoms with Gasteiger partial charge in [0.15, 0.2) is 0 Å².